The molecule has 0 aromatic heterocycles. The van der Waals surface area contributed by atoms with Crippen molar-refractivity contribution in [2.45, 2.75) is 45.1 Å². The fourth-order valence-electron chi connectivity index (χ4n) is 2.70. The average Bonchev–Trinajstić information content (AvgIpc) is 2.86. The van der Waals surface area contributed by atoms with Gasteiger partial charge in [0, 0.05) is 6.54 Å². The molecule has 0 unspecified atom stereocenters. The SMILES string of the molecule is Fc1ccc(CNCCCC2CCCC2)cc1Br. The molecular formula is C15H21BrFN. The Morgan fingerprint density at radius 2 is 2.06 bits per heavy atom. The van der Waals surface area contributed by atoms with Gasteiger partial charge in [-0.1, -0.05) is 31.7 Å². The Hall–Kier alpha value is -0.410. The largest absolute Gasteiger partial charge is 0.313 e. The second-order valence-electron chi connectivity index (χ2n) is 5.22. The Labute approximate surface area is 117 Å². The second kappa shape index (κ2) is 7.25. The lowest BCUT2D eigenvalue weighted by Gasteiger charge is -2.09. The van der Waals surface area contributed by atoms with E-state index in [9.17, 15) is 4.39 Å². The van der Waals surface area contributed by atoms with Crippen molar-refractivity contribution >= 4 is 15.9 Å². The first-order valence-electron chi connectivity index (χ1n) is 6.90. The lowest BCUT2D eigenvalue weighted by Crippen LogP contribution is -2.15. The molecule has 1 fully saturated rings. The summed E-state index contributed by atoms with van der Waals surface area (Å²) < 4.78 is 13.6. The maximum atomic E-state index is 13.0. The van der Waals surface area contributed by atoms with Crippen LogP contribution in [-0.4, -0.2) is 6.54 Å². The molecule has 0 atom stereocenters. The summed E-state index contributed by atoms with van der Waals surface area (Å²) in [6.45, 7) is 1.88. The summed E-state index contributed by atoms with van der Waals surface area (Å²) in [5, 5.41) is 3.43. The minimum atomic E-state index is -0.194. The van der Waals surface area contributed by atoms with Crippen LogP contribution in [0, 0.1) is 11.7 Å². The van der Waals surface area contributed by atoms with Gasteiger partial charge in [0.2, 0.25) is 0 Å². The number of benzene rings is 1. The van der Waals surface area contributed by atoms with E-state index in [0.29, 0.717) is 4.47 Å². The van der Waals surface area contributed by atoms with E-state index in [1.165, 1.54) is 44.6 Å². The molecule has 2 rings (SSSR count). The number of hydrogen-bond donors (Lipinski definition) is 1. The molecule has 0 amide bonds. The van der Waals surface area contributed by atoms with Crippen LogP contribution in [-0.2, 0) is 6.54 Å². The quantitative estimate of drug-likeness (QED) is 0.754. The van der Waals surface area contributed by atoms with Crippen molar-refractivity contribution in [2.24, 2.45) is 5.92 Å². The van der Waals surface area contributed by atoms with Crippen molar-refractivity contribution in [3.63, 3.8) is 0 Å². The average molecular weight is 314 g/mol. The number of rotatable bonds is 6. The van der Waals surface area contributed by atoms with Crippen LogP contribution in [0.25, 0.3) is 0 Å². The molecule has 1 saturated carbocycles. The molecule has 1 aliphatic carbocycles. The van der Waals surface area contributed by atoms with Crippen LogP contribution in [0.1, 0.15) is 44.1 Å². The highest BCUT2D eigenvalue weighted by Crippen LogP contribution is 2.28. The first-order valence-corrected chi connectivity index (χ1v) is 7.69. The number of nitrogens with one attached hydrogen (secondary N) is 1. The summed E-state index contributed by atoms with van der Waals surface area (Å²) in [6.07, 6.45) is 8.35. The molecule has 0 aliphatic heterocycles. The van der Waals surface area contributed by atoms with E-state index in [0.717, 1.165) is 24.6 Å². The molecule has 0 heterocycles. The third kappa shape index (κ3) is 4.36. The predicted molar refractivity (Wildman–Crippen MR) is 77.0 cm³/mol. The maximum absolute atomic E-state index is 13.0. The van der Waals surface area contributed by atoms with Gasteiger partial charge < -0.3 is 5.32 Å². The molecule has 0 radical (unpaired) electrons. The standard InChI is InChI=1S/C15H21BrFN/c16-14-10-13(7-8-15(14)17)11-18-9-3-6-12-4-1-2-5-12/h7-8,10,12,18H,1-6,9,11H2. The van der Waals surface area contributed by atoms with Crippen LogP contribution in [0.4, 0.5) is 4.39 Å². The van der Waals surface area contributed by atoms with Gasteiger partial charge >= 0.3 is 0 Å². The monoisotopic (exact) mass is 313 g/mol. The molecule has 1 aromatic rings. The molecule has 3 heteroatoms. The summed E-state index contributed by atoms with van der Waals surface area (Å²) in [7, 11) is 0. The van der Waals surface area contributed by atoms with Gasteiger partial charge in [-0.25, -0.2) is 4.39 Å². The highest BCUT2D eigenvalue weighted by Gasteiger charge is 2.13. The number of halogens is 2. The third-order valence-electron chi connectivity index (χ3n) is 3.75. The van der Waals surface area contributed by atoms with Gasteiger partial charge in [0.15, 0.2) is 0 Å². The van der Waals surface area contributed by atoms with Gasteiger partial charge in [0.1, 0.15) is 5.82 Å². The van der Waals surface area contributed by atoms with E-state index < -0.39 is 0 Å². The fourth-order valence-corrected chi connectivity index (χ4v) is 3.12. The molecule has 1 nitrogen and oxygen atoms in total. The van der Waals surface area contributed by atoms with Gasteiger partial charge in [-0.3, -0.25) is 0 Å². The van der Waals surface area contributed by atoms with Crippen molar-refractivity contribution in [1.82, 2.24) is 5.32 Å². The molecule has 100 valence electrons. The summed E-state index contributed by atoms with van der Waals surface area (Å²) in [5.41, 5.74) is 1.13. The molecule has 1 N–H and O–H groups in total. The first kappa shape index (κ1) is 14.0. The van der Waals surface area contributed by atoms with Crippen molar-refractivity contribution in [1.29, 1.82) is 0 Å². The van der Waals surface area contributed by atoms with Crippen LogP contribution < -0.4 is 5.32 Å². The summed E-state index contributed by atoms with van der Waals surface area (Å²) in [4.78, 5) is 0. The number of hydrogen-bond acceptors (Lipinski definition) is 1. The van der Waals surface area contributed by atoms with Gasteiger partial charge in [0.25, 0.3) is 0 Å². The van der Waals surface area contributed by atoms with Crippen molar-refractivity contribution < 1.29 is 4.39 Å². The molecule has 0 bridgehead atoms. The Kier molecular flexibility index (Phi) is 5.64. The Morgan fingerprint density at radius 1 is 1.28 bits per heavy atom. The zero-order valence-electron chi connectivity index (χ0n) is 10.7. The van der Waals surface area contributed by atoms with Crippen molar-refractivity contribution in [3.05, 3.63) is 34.1 Å². The summed E-state index contributed by atoms with van der Waals surface area (Å²) >= 11 is 3.21. The highest BCUT2D eigenvalue weighted by molar-refractivity contribution is 9.10. The highest BCUT2D eigenvalue weighted by atomic mass is 79.9. The van der Waals surface area contributed by atoms with Crippen molar-refractivity contribution in [2.75, 3.05) is 6.54 Å². The van der Waals surface area contributed by atoms with Gasteiger partial charge in [-0.2, -0.15) is 0 Å². The van der Waals surface area contributed by atoms with Crippen LogP contribution in [0.2, 0.25) is 0 Å². The molecule has 1 aromatic carbocycles. The molecule has 18 heavy (non-hydrogen) atoms. The van der Waals surface area contributed by atoms with E-state index in [1.54, 1.807) is 0 Å². The molecule has 1 aliphatic rings. The van der Waals surface area contributed by atoms with Gasteiger partial charge in [-0.15, -0.1) is 0 Å². The molecule has 0 saturated heterocycles. The third-order valence-corrected chi connectivity index (χ3v) is 4.36. The van der Waals surface area contributed by atoms with Gasteiger partial charge in [0.05, 0.1) is 4.47 Å². The van der Waals surface area contributed by atoms with Gasteiger partial charge in [-0.05, 0) is 58.9 Å². The van der Waals surface area contributed by atoms with E-state index in [2.05, 4.69) is 21.2 Å². The summed E-state index contributed by atoms with van der Waals surface area (Å²) in [5.74, 6) is 0.784. The smallest absolute Gasteiger partial charge is 0.137 e. The first-order chi connectivity index (χ1) is 8.75. The predicted octanol–water partition coefficient (Wildman–Crippen LogP) is 4.65. The lowest BCUT2D eigenvalue weighted by atomic mass is 10.0. The maximum Gasteiger partial charge on any atom is 0.137 e. The van der Waals surface area contributed by atoms with E-state index in [1.807, 2.05) is 12.1 Å². The van der Waals surface area contributed by atoms with Crippen LogP contribution in [0.15, 0.2) is 22.7 Å². The van der Waals surface area contributed by atoms with E-state index in [4.69, 9.17) is 0 Å². The minimum absolute atomic E-state index is 0.194. The van der Waals surface area contributed by atoms with Crippen LogP contribution in [0.5, 0.6) is 0 Å². The fraction of sp³-hybridized carbons (Fsp3) is 0.600. The van der Waals surface area contributed by atoms with Crippen molar-refractivity contribution in [3.8, 4) is 0 Å². The zero-order chi connectivity index (χ0) is 12.8. The van der Waals surface area contributed by atoms with E-state index in [-0.39, 0.29) is 5.82 Å². The Balaban J connectivity index is 1.61. The van der Waals surface area contributed by atoms with Crippen LogP contribution >= 0.6 is 15.9 Å². The zero-order valence-corrected chi connectivity index (χ0v) is 12.3. The topological polar surface area (TPSA) is 12.0 Å². The molecular weight excluding hydrogens is 293 g/mol. The Morgan fingerprint density at radius 3 is 2.78 bits per heavy atom. The summed E-state index contributed by atoms with van der Waals surface area (Å²) in [6, 6.07) is 5.20. The molecule has 0 spiro atoms. The second-order valence-corrected chi connectivity index (χ2v) is 6.07. The normalized spacial score (nSPS) is 16.3. The van der Waals surface area contributed by atoms with E-state index >= 15 is 0 Å². The minimum Gasteiger partial charge on any atom is -0.313 e. The Bertz CT molecular complexity index is 375. The van der Waals surface area contributed by atoms with Crippen LogP contribution in [0.3, 0.4) is 0 Å². The lowest BCUT2D eigenvalue weighted by molar-refractivity contribution is 0.470.